The zero-order valence-corrected chi connectivity index (χ0v) is 17.3. The molecule has 0 radical (unpaired) electrons. The van der Waals surface area contributed by atoms with E-state index in [1.54, 1.807) is 16.2 Å². The number of carbonyl (C=O) groups is 1. The van der Waals surface area contributed by atoms with Crippen LogP contribution in [0.4, 0.5) is 4.79 Å². The van der Waals surface area contributed by atoms with Crippen LogP contribution in [-0.2, 0) is 0 Å². The van der Waals surface area contributed by atoms with E-state index in [4.69, 9.17) is 4.98 Å². The van der Waals surface area contributed by atoms with E-state index in [0.717, 1.165) is 40.9 Å². The number of hydrogen-bond acceptors (Lipinski definition) is 3. The van der Waals surface area contributed by atoms with E-state index in [2.05, 4.69) is 41.7 Å². The van der Waals surface area contributed by atoms with Crippen molar-refractivity contribution in [1.82, 2.24) is 15.2 Å². The van der Waals surface area contributed by atoms with Gasteiger partial charge in [0, 0.05) is 13.1 Å². The number of amides is 2. The number of fused-ring (bicyclic) bond motifs is 1. The minimum atomic E-state index is -0.0435. The summed E-state index contributed by atoms with van der Waals surface area (Å²) in [6.07, 6.45) is 4.33. The van der Waals surface area contributed by atoms with Gasteiger partial charge in [-0.3, -0.25) is 0 Å². The number of carbonyl (C=O) groups excluding carboxylic acids is 1. The van der Waals surface area contributed by atoms with Crippen molar-refractivity contribution in [3.63, 3.8) is 0 Å². The lowest BCUT2D eigenvalue weighted by Crippen LogP contribution is -2.45. The van der Waals surface area contributed by atoms with Gasteiger partial charge in [-0.25, -0.2) is 9.78 Å². The molecule has 5 heteroatoms. The first-order chi connectivity index (χ1) is 13.6. The summed E-state index contributed by atoms with van der Waals surface area (Å²) in [4.78, 5) is 19.3. The van der Waals surface area contributed by atoms with Gasteiger partial charge in [0.05, 0.1) is 16.3 Å². The van der Waals surface area contributed by atoms with Crippen molar-refractivity contribution in [3.05, 3.63) is 65.2 Å². The highest BCUT2D eigenvalue weighted by molar-refractivity contribution is 7.18. The van der Waals surface area contributed by atoms with Crippen LogP contribution in [0.1, 0.15) is 55.1 Å². The Bertz CT molecular complexity index is 898. The van der Waals surface area contributed by atoms with Crippen LogP contribution >= 0.6 is 11.3 Å². The minimum absolute atomic E-state index is 0.00471. The molecule has 0 saturated heterocycles. The summed E-state index contributed by atoms with van der Waals surface area (Å²) in [6, 6.07) is 19.1. The molecule has 0 bridgehead atoms. The summed E-state index contributed by atoms with van der Waals surface area (Å²) >= 11 is 1.66. The van der Waals surface area contributed by atoms with Crippen LogP contribution in [0.3, 0.4) is 0 Å². The average Bonchev–Trinajstić information content (AvgIpc) is 3.18. The standard InChI is InChI=1S/C23H27N3OS/c1-16(22-25-20-10-6-7-11-21(20)28-22)26(2)23(27)24-19-14-12-18(13-15-19)17-8-4-3-5-9-17/h3-11,16,18-19H,12-15H2,1-2H3,(H,24,27)/t16-,18?,19?/m0/s1. The molecule has 28 heavy (non-hydrogen) atoms. The molecule has 0 aliphatic heterocycles. The van der Waals surface area contributed by atoms with Gasteiger partial charge in [-0.05, 0) is 56.2 Å². The highest BCUT2D eigenvalue weighted by atomic mass is 32.1. The normalized spacial score (nSPS) is 20.6. The predicted molar refractivity (Wildman–Crippen MR) is 116 cm³/mol. The van der Waals surface area contributed by atoms with Gasteiger partial charge in [0.2, 0.25) is 0 Å². The summed E-state index contributed by atoms with van der Waals surface area (Å²) in [7, 11) is 1.86. The zero-order valence-electron chi connectivity index (χ0n) is 16.5. The van der Waals surface area contributed by atoms with Crippen LogP contribution in [0.2, 0.25) is 0 Å². The topological polar surface area (TPSA) is 45.2 Å². The Hall–Kier alpha value is -2.40. The largest absolute Gasteiger partial charge is 0.335 e. The van der Waals surface area contributed by atoms with Gasteiger partial charge in [-0.15, -0.1) is 11.3 Å². The molecule has 146 valence electrons. The quantitative estimate of drug-likeness (QED) is 0.616. The molecule has 4 rings (SSSR count). The molecule has 1 atom stereocenters. The molecular weight excluding hydrogens is 366 g/mol. The zero-order chi connectivity index (χ0) is 19.5. The number of thiazole rings is 1. The van der Waals surface area contributed by atoms with Gasteiger partial charge >= 0.3 is 6.03 Å². The van der Waals surface area contributed by atoms with Gasteiger partial charge in [-0.1, -0.05) is 42.5 Å². The predicted octanol–water partition coefficient (Wildman–Crippen LogP) is 5.73. The first-order valence-electron chi connectivity index (χ1n) is 10.1. The van der Waals surface area contributed by atoms with Crippen molar-refractivity contribution in [1.29, 1.82) is 0 Å². The lowest BCUT2D eigenvalue weighted by molar-refractivity contribution is 0.185. The van der Waals surface area contributed by atoms with E-state index in [1.165, 1.54) is 5.56 Å². The third-order valence-electron chi connectivity index (χ3n) is 5.89. The van der Waals surface area contributed by atoms with Crippen molar-refractivity contribution in [2.45, 2.75) is 50.6 Å². The highest BCUT2D eigenvalue weighted by Gasteiger charge is 2.26. The first kappa shape index (κ1) is 18.9. The third-order valence-corrected chi connectivity index (χ3v) is 7.10. The number of hydrogen-bond donors (Lipinski definition) is 1. The Morgan fingerprint density at radius 1 is 1.07 bits per heavy atom. The van der Waals surface area contributed by atoms with Crippen LogP contribution in [0.25, 0.3) is 10.2 Å². The molecule has 4 nitrogen and oxygen atoms in total. The van der Waals surface area contributed by atoms with Crippen molar-refractivity contribution < 1.29 is 4.79 Å². The minimum Gasteiger partial charge on any atom is -0.335 e. The second-order valence-electron chi connectivity index (χ2n) is 7.72. The summed E-state index contributed by atoms with van der Waals surface area (Å²) in [5.41, 5.74) is 2.43. The summed E-state index contributed by atoms with van der Waals surface area (Å²) < 4.78 is 1.16. The smallest absolute Gasteiger partial charge is 0.317 e. The van der Waals surface area contributed by atoms with Crippen molar-refractivity contribution >= 4 is 27.6 Å². The van der Waals surface area contributed by atoms with Crippen molar-refractivity contribution in [2.24, 2.45) is 0 Å². The number of benzene rings is 2. The number of para-hydroxylation sites is 1. The fourth-order valence-electron chi connectivity index (χ4n) is 3.98. The highest BCUT2D eigenvalue weighted by Crippen LogP contribution is 2.33. The third kappa shape index (κ3) is 4.04. The number of urea groups is 1. The van der Waals surface area contributed by atoms with Crippen LogP contribution in [-0.4, -0.2) is 29.0 Å². The molecule has 2 amide bonds. The number of aromatic nitrogens is 1. The Morgan fingerprint density at radius 2 is 1.75 bits per heavy atom. The van der Waals surface area contributed by atoms with E-state index >= 15 is 0 Å². The van der Waals surface area contributed by atoms with Crippen LogP contribution in [0.5, 0.6) is 0 Å². The molecule has 1 N–H and O–H groups in total. The monoisotopic (exact) mass is 393 g/mol. The molecule has 1 saturated carbocycles. The molecule has 0 unspecified atom stereocenters. The second kappa shape index (κ2) is 8.31. The lowest BCUT2D eigenvalue weighted by Gasteiger charge is -2.32. The van der Waals surface area contributed by atoms with Crippen molar-refractivity contribution in [3.8, 4) is 0 Å². The molecule has 3 aromatic rings. The molecular formula is C23H27N3OS. The van der Waals surface area contributed by atoms with Gasteiger partial charge in [0.1, 0.15) is 5.01 Å². The van der Waals surface area contributed by atoms with E-state index in [-0.39, 0.29) is 18.1 Å². The van der Waals surface area contributed by atoms with Gasteiger partial charge < -0.3 is 10.2 Å². The molecule has 1 heterocycles. The fraction of sp³-hybridized carbons (Fsp3) is 0.391. The maximum absolute atomic E-state index is 12.8. The Kier molecular flexibility index (Phi) is 5.62. The Balaban J connectivity index is 1.33. The van der Waals surface area contributed by atoms with Crippen molar-refractivity contribution in [2.75, 3.05) is 7.05 Å². The van der Waals surface area contributed by atoms with Gasteiger partial charge in [0.15, 0.2) is 0 Å². The lowest BCUT2D eigenvalue weighted by atomic mass is 9.82. The molecule has 2 aromatic carbocycles. The number of rotatable bonds is 4. The summed E-state index contributed by atoms with van der Waals surface area (Å²) in [5.74, 6) is 0.619. The van der Waals surface area contributed by atoms with Crippen LogP contribution in [0, 0.1) is 0 Å². The molecule has 1 fully saturated rings. The van der Waals surface area contributed by atoms with Crippen LogP contribution < -0.4 is 5.32 Å². The van der Waals surface area contributed by atoms with E-state index in [9.17, 15) is 4.79 Å². The van der Waals surface area contributed by atoms with Gasteiger partial charge in [-0.2, -0.15) is 0 Å². The number of nitrogens with zero attached hydrogens (tertiary/aromatic N) is 2. The van der Waals surface area contributed by atoms with E-state index in [1.807, 2.05) is 32.2 Å². The van der Waals surface area contributed by atoms with E-state index in [0.29, 0.717) is 5.92 Å². The molecule has 1 aliphatic rings. The average molecular weight is 394 g/mol. The van der Waals surface area contributed by atoms with E-state index < -0.39 is 0 Å². The van der Waals surface area contributed by atoms with Gasteiger partial charge in [0.25, 0.3) is 0 Å². The van der Waals surface area contributed by atoms with Crippen LogP contribution in [0.15, 0.2) is 54.6 Å². The Labute approximate surface area is 170 Å². The first-order valence-corrected chi connectivity index (χ1v) is 10.9. The maximum Gasteiger partial charge on any atom is 0.317 e. The maximum atomic E-state index is 12.8. The second-order valence-corrected chi connectivity index (χ2v) is 8.78. The molecule has 1 aliphatic carbocycles. The summed E-state index contributed by atoms with van der Waals surface area (Å²) in [5, 5.41) is 4.22. The summed E-state index contributed by atoms with van der Waals surface area (Å²) in [6.45, 7) is 2.05. The fourth-order valence-corrected chi connectivity index (χ4v) is 5.05. The molecule has 0 spiro atoms. The number of nitrogens with one attached hydrogen (secondary N) is 1. The molecule has 1 aromatic heterocycles. The SMILES string of the molecule is C[C@@H](c1nc2ccccc2s1)N(C)C(=O)NC1CCC(c2ccccc2)CC1. The Morgan fingerprint density at radius 3 is 2.46 bits per heavy atom.